The van der Waals surface area contributed by atoms with Crippen LogP contribution >= 0.6 is 11.6 Å². The van der Waals surface area contributed by atoms with Crippen molar-refractivity contribution in [3.63, 3.8) is 0 Å². The highest BCUT2D eigenvalue weighted by Crippen LogP contribution is 2.38. The van der Waals surface area contributed by atoms with Gasteiger partial charge < -0.3 is 24.4 Å². The minimum Gasteiger partial charge on any atom is -0.496 e. The molecule has 49 heavy (non-hydrogen) atoms. The van der Waals surface area contributed by atoms with Crippen LogP contribution in [0.4, 0.5) is 15.8 Å². The van der Waals surface area contributed by atoms with Gasteiger partial charge in [-0.3, -0.25) is 19.2 Å². The van der Waals surface area contributed by atoms with E-state index in [1.165, 1.54) is 13.2 Å². The number of aromatic nitrogens is 1. The molecule has 2 saturated heterocycles. The molecule has 3 aromatic rings. The minimum atomic E-state index is -0.452. The van der Waals surface area contributed by atoms with Gasteiger partial charge in [-0.15, -0.1) is 0 Å². The van der Waals surface area contributed by atoms with Crippen LogP contribution in [0, 0.1) is 31.5 Å². The Morgan fingerprint density at radius 1 is 0.939 bits per heavy atom. The van der Waals surface area contributed by atoms with Gasteiger partial charge in [-0.25, -0.2) is 4.39 Å². The molecule has 2 aliphatic heterocycles. The van der Waals surface area contributed by atoms with Crippen LogP contribution < -0.4 is 20.5 Å². The summed E-state index contributed by atoms with van der Waals surface area (Å²) in [6, 6.07) is 8.17. The van der Waals surface area contributed by atoms with Crippen molar-refractivity contribution in [2.45, 2.75) is 64.8 Å². The fourth-order valence-corrected chi connectivity index (χ4v) is 8.09. The molecule has 3 heterocycles. The third-order valence-corrected chi connectivity index (χ3v) is 11.2. The molecule has 1 N–H and O–H groups in total. The number of carbonyl (C=O) groups is 3. The maximum absolute atomic E-state index is 15.2. The van der Waals surface area contributed by atoms with E-state index in [1.54, 1.807) is 36.9 Å². The standard InChI is InChI=1S/C38H44ClFN4O5/c1-22-23(2)37(47)42(3)21-29(22)26-17-30(39)36(35(18-26)49-4)38(48)44-15-11-25(12-16-44)24-9-13-43(14-10-24)33-8-5-27(19-31(33)40)41-32-7-6-28(45)20-34(32)46/h5,8,17-19,21,24-25,32,41H,6-7,9-16,20H2,1-4H3. The van der Waals surface area contributed by atoms with Crippen LogP contribution in [-0.4, -0.2) is 66.3 Å². The van der Waals surface area contributed by atoms with Gasteiger partial charge in [-0.1, -0.05) is 11.6 Å². The number of halogens is 2. The molecule has 1 amide bonds. The van der Waals surface area contributed by atoms with E-state index in [0.29, 0.717) is 71.0 Å². The molecule has 0 bridgehead atoms. The lowest BCUT2D eigenvalue weighted by Gasteiger charge is -2.41. The molecule has 9 nitrogen and oxygen atoms in total. The maximum atomic E-state index is 15.2. The van der Waals surface area contributed by atoms with E-state index in [0.717, 1.165) is 55.5 Å². The van der Waals surface area contributed by atoms with Gasteiger partial charge in [0.2, 0.25) is 0 Å². The molecule has 1 saturated carbocycles. The smallest absolute Gasteiger partial charge is 0.259 e. The Kier molecular flexibility index (Phi) is 10.2. The van der Waals surface area contributed by atoms with Crippen molar-refractivity contribution < 1.29 is 23.5 Å². The minimum absolute atomic E-state index is 0.0372. The number of piperidine rings is 2. The lowest BCUT2D eigenvalue weighted by atomic mass is 9.78. The lowest BCUT2D eigenvalue weighted by Crippen LogP contribution is -2.43. The van der Waals surface area contributed by atoms with Crippen molar-refractivity contribution in [2.75, 3.05) is 43.5 Å². The molecule has 1 aromatic heterocycles. The number of ether oxygens (including phenoxy) is 1. The van der Waals surface area contributed by atoms with Crippen LogP contribution in [-0.2, 0) is 16.6 Å². The molecule has 11 heteroatoms. The van der Waals surface area contributed by atoms with Gasteiger partial charge in [-0.05, 0) is 99.2 Å². The average molecular weight is 691 g/mol. The second-order valence-corrected chi connectivity index (χ2v) is 14.2. The fourth-order valence-electron chi connectivity index (χ4n) is 7.80. The molecular weight excluding hydrogens is 647 g/mol. The van der Waals surface area contributed by atoms with Gasteiger partial charge in [0.15, 0.2) is 5.78 Å². The van der Waals surface area contributed by atoms with Crippen LogP contribution in [0.1, 0.15) is 66.4 Å². The first kappa shape index (κ1) is 34.7. The second-order valence-electron chi connectivity index (χ2n) is 13.8. The summed E-state index contributed by atoms with van der Waals surface area (Å²) in [6.45, 7) is 6.48. The van der Waals surface area contributed by atoms with Gasteiger partial charge in [0, 0.05) is 62.7 Å². The van der Waals surface area contributed by atoms with Crippen molar-refractivity contribution >= 4 is 40.4 Å². The zero-order valence-corrected chi connectivity index (χ0v) is 29.4. The summed E-state index contributed by atoms with van der Waals surface area (Å²) < 4.78 is 22.5. The number of aryl methyl sites for hydroxylation is 1. The van der Waals surface area contributed by atoms with E-state index in [-0.39, 0.29) is 35.3 Å². The van der Waals surface area contributed by atoms with E-state index in [9.17, 15) is 19.2 Å². The Labute approximate surface area is 291 Å². The molecule has 1 unspecified atom stereocenters. The first-order valence-corrected chi connectivity index (χ1v) is 17.5. The number of anilines is 2. The van der Waals surface area contributed by atoms with Crippen molar-refractivity contribution in [2.24, 2.45) is 18.9 Å². The summed E-state index contributed by atoms with van der Waals surface area (Å²) >= 11 is 6.77. The van der Waals surface area contributed by atoms with Gasteiger partial charge in [0.25, 0.3) is 11.5 Å². The number of carbonyl (C=O) groups excluding carboxylic acids is 3. The Morgan fingerprint density at radius 2 is 1.61 bits per heavy atom. The molecule has 2 aromatic carbocycles. The SMILES string of the molecule is COc1cc(-c2cn(C)c(=O)c(C)c2C)cc(Cl)c1C(=O)N1CCC(C2CCN(c3ccc(NC4CCC(=O)CC4=O)cc3F)CC2)CC1. The Morgan fingerprint density at radius 3 is 2.24 bits per heavy atom. The van der Waals surface area contributed by atoms with Crippen molar-refractivity contribution in [3.05, 3.63) is 74.4 Å². The second kappa shape index (κ2) is 14.4. The van der Waals surface area contributed by atoms with Gasteiger partial charge in [-0.2, -0.15) is 0 Å². The Hall–Kier alpha value is -4.18. The third kappa shape index (κ3) is 7.11. The summed E-state index contributed by atoms with van der Waals surface area (Å²) in [5, 5.41) is 3.42. The molecule has 0 spiro atoms. The highest BCUT2D eigenvalue weighted by Gasteiger charge is 2.33. The van der Waals surface area contributed by atoms with E-state index in [4.69, 9.17) is 16.3 Å². The Bertz CT molecular complexity index is 1840. The van der Waals surface area contributed by atoms with Crippen LogP contribution in [0.15, 0.2) is 41.3 Å². The number of nitrogens with zero attached hydrogens (tertiary/aromatic N) is 3. The highest BCUT2D eigenvalue weighted by molar-refractivity contribution is 6.34. The number of Topliss-reactive ketones (excluding diaryl/α,β-unsaturated/α-hetero) is 2. The number of rotatable bonds is 7. The van der Waals surface area contributed by atoms with Crippen LogP contribution in [0.5, 0.6) is 5.75 Å². The zero-order chi connectivity index (χ0) is 35.0. The van der Waals surface area contributed by atoms with E-state index < -0.39 is 6.04 Å². The van der Waals surface area contributed by atoms with Crippen LogP contribution in [0.2, 0.25) is 5.02 Å². The molecule has 1 atom stereocenters. The largest absolute Gasteiger partial charge is 0.496 e. The molecule has 3 fully saturated rings. The summed E-state index contributed by atoms with van der Waals surface area (Å²) in [6.07, 6.45) is 6.23. The first-order chi connectivity index (χ1) is 23.4. The summed E-state index contributed by atoms with van der Waals surface area (Å²) in [5.41, 5.74) is 4.57. The predicted molar refractivity (Wildman–Crippen MR) is 189 cm³/mol. The fraction of sp³-hybridized carbons (Fsp3) is 0.474. The summed E-state index contributed by atoms with van der Waals surface area (Å²) in [7, 11) is 3.25. The highest BCUT2D eigenvalue weighted by atomic mass is 35.5. The zero-order valence-electron chi connectivity index (χ0n) is 28.6. The van der Waals surface area contributed by atoms with Crippen LogP contribution in [0.3, 0.4) is 0 Å². The topological polar surface area (TPSA) is 101 Å². The molecule has 260 valence electrons. The van der Waals surface area contributed by atoms with Gasteiger partial charge >= 0.3 is 0 Å². The predicted octanol–water partition coefficient (Wildman–Crippen LogP) is 6.34. The number of methoxy groups -OCH3 is 1. The number of benzene rings is 2. The third-order valence-electron chi connectivity index (χ3n) is 10.9. The Balaban J connectivity index is 1.05. The number of hydrogen-bond donors (Lipinski definition) is 1. The molecule has 0 radical (unpaired) electrons. The molecule has 3 aliphatic rings. The summed E-state index contributed by atoms with van der Waals surface area (Å²) in [4.78, 5) is 53.9. The lowest BCUT2D eigenvalue weighted by molar-refractivity contribution is -0.130. The van der Waals surface area contributed by atoms with Crippen LogP contribution in [0.25, 0.3) is 11.1 Å². The first-order valence-electron chi connectivity index (χ1n) is 17.1. The maximum Gasteiger partial charge on any atom is 0.259 e. The quantitative estimate of drug-likeness (QED) is 0.289. The molecule has 1 aliphatic carbocycles. The monoisotopic (exact) mass is 690 g/mol. The molecular formula is C38H44ClFN4O5. The van der Waals surface area contributed by atoms with Crippen molar-refractivity contribution in [1.82, 2.24) is 9.47 Å². The van der Waals surface area contributed by atoms with E-state index in [2.05, 4.69) is 10.2 Å². The van der Waals surface area contributed by atoms with E-state index >= 15 is 4.39 Å². The van der Waals surface area contributed by atoms with Crippen molar-refractivity contribution in [3.8, 4) is 16.9 Å². The van der Waals surface area contributed by atoms with E-state index in [1.807, 2.05) is 24.0 Å². The number of nitrogens with one attached hydrogen (secondary N) is 1. The number of amides is 1. The molecule has 6 rings (SSSR count). The summed E-state index contributed by atoms with van der Waals surface area (Å²) in [5.74, 6) is 0.746. The number of pyridine rings is 1. The number of likely N-dealkylation sites (tertiary alicyclic amines) is 1. The normalized spacial score (nSPS) is 19.3. The van der Waals surface area contributed by atoms with Gasteiger partial charge in [0.1, 0.15) is 22.9 Å². The average Bonchev–Trinajstić information content (AvgIpc) is 3.09. The number of hydrogen-bond acceptors (Lipinski definition) is 7. The van der Waals surface area contributed by atoms with Gasteiger partial charge in [0.05, 0.1) is 30.3 Å². The number of ketones is 2. The van der Waals surface area contributed by atoms with Crippen molar-refractivity contribution in [1.29, 1.82) is 0 Å².